The maximum atomic E-state index is 10.1. The van der Waals surface area contributed by atoms with Gasteiger partial charge in [-0.2, -0.15) is 4.99 Å². The van der Waals surface area contributed by atoms with E-state index in [1.807, 2.05) is 0 Å². The number of isocyanates is 1. The van der Waals surface area contributed by atoms with E-state index in [0.717, 1.165) is 4.47 Å². The first kappa shape index (κ1) is 10.9. The Labute approximate surface area is 99.8 Å². The summed E-state index contributed by atoms with van der Waals surface area (Å²) in [5.41, 5.74) is 6.62. The molecular weight excluding hydrogens is 368 g/mol. The maximum Gasteiger partial charge on any atom is 0.240 e. The van der Waals surface area contributed by atoms with E-state index >= 15 is 0 Å². The van der Waals surface area contributed by atoms with Crippen molar-refractivity contribution in [1.29, 1.82) is 0 Å². The minimum Gasteiger partial charge on any atom is -0.397 e. The van der Waals surface area contributed by atoms with Crippen LogP contribution in [-0.2, 0) is 4.79 Å². The highest BCUT2D eigenvalue weighted by Crippen LogP contribution is 2.41. The Morgan fingerprint density at radius 1 is 1.31 bits per heavy atom. The van der Waals surface area contributed by atoms with Gasteiger partial charge < -0.3 is 5.73 Å². The van der Waals surface area contributed by atoms with Gasteiger partial charge in [0, 0.05) is 8.95 Å². The van der Waals surface area contributed by atoms with Crippen molar-refractivity contribution in [2.24, 2.45) is 4.99 Å². The molecule has 0 unspecified atom stereocenters. The van der Waals surface area contributed by atoms with E-state index in [1.165, 1.54) is 6.08 Å². The molecule has 3 nitrogen and oxygen atoms in total. The van der Waals surface area contributed by atoms with Gasteiger partial charge in [-0.05, 0) is 53.9 Å². The van der Waals surface area contributed by atoms with Crippen molar-refractivity contribution in [3.63, 3.8) is 0 Å². The zero-order chi connectivity index (χ0) is 10.0. The van der Waals surface area contributed by atoms with Crippen molar-refractivity contribution in [2.75, 3.05) is 5.73 Å². The van der Waals surface area contributed by atoms with E-state index in [0.29, 0.717) is 20.3 Å². The van der Waals surface area contributed by atoms with E-state index in [4.69, 9.17) is 5.73 Å². The van der Waals surface area contributed by atoms with Crippen LogP contribution in [0.2, 0.25) is 0 Å². The minimum absolute atomic E-state index is 0.440. The van der Waals surface area contributed by atoms with Crippen LogP contribution in [-0.4, -0.2) is 6.08 Å². The second kappa shape index (κ2) is 4.37. The Bertz CT molecular complexity index is 399. The van der Waals surface area contributed by atoms with Crippen LogP contribution in [0.3, 0.4) is 0 Å². The third-order valence-corrected chi connectivity index (χ3v) is 3.40. The molecular formula is C7H3Br3N2O. The predicted molar refractivity (Wildman–Crippen MR) is 61.7 cm³/mol. The number of aliphatic imine (C=N–C) groups is 1. The molecule has 0 aliphatic rings. The molecule has 0 saturated heterocycles. The predicted octanol–water partition coefficient (Wildman–Crippen LogP) is 3.52. The van der Waals surface area contributed by atoms with Gasteiger partial charge in [-0.15, -0.1) is 0 Å². The van der Waals surface area contributed by atoms with Crippen molar-refractivity contribution < 1.29 is 4.79 Å². The Morgan fingerprint density at radius 3 is 2.46 bits per heavy atom. The number of benzene rings is 1. The minimum atomic E-state index is 0.440. The molecule has 0 atom stereocenters. The quantitative estimate of drug-likeness (QED) is 0.467. The number of nitrogens with two attached hydrogens (primary N) is 1. The van der Waals surface area contributed by atoms with Crippen LogP contribution in [0.25, 0.3) is 0 Å². The van der Waals surface area contributed by atoms with Crippen molar-refractivity contribution in [3.8, 4) is 0 Å². The largest absolute Gasteiger partial charge is 0.397 e. The first-order valence-corrected chi connectivity index (χ1v) is 5.46. The molecule has 0 bridgehead atoms. The Balaban J connectivity index is 3.52. The smallest absolute Gasteiger partial charge is 0.240 e. The van der Waals surface area contributed by atoms with Gasteiger partial charge in [-0.3, -0.25) is 0 Å². The van der Waals surface area contributed by atoms with Crippen LogP contribution in [0.4, 0.5) is 11.4 Å². The second-order valence-electron chi connectivity index (χ2n) is 2.12. The van der Waals surface area contributed by atoms with Gasteiger partial charge in [0.15, 0.2) is 0 Å². The van der Waals surface area contributed by atoms with Crippen LogP contribution in [0.1, 0.15) is 0 Å². The summed E-state index contributed by atoms with van der Waals surface area (Å²) in [4.78, 5) is 13.6. The average Bonchev–Trinajstić information content (AvgIpc) is 2.09. The van der Waals surface area contributed by atoms with Crippen molar-refractivity contribution in [3.05, 3.63) is 19.5 Å². The average molecular weight is 371 g/mol. The molecule has 0 aliphatic carbocycles. The molecule has 13 heavy (non-hydrogen) atoms. The summed E-state index contributed by atoms with van der Waals surface area (Å²) in [6.07, 6.45) is 1.46. The fourth-order valence-electron chi connectivity index (χ4n) is 0.743. The number of nitrogen functional groups attached to an aromatic ring is 1. The molecule has 2 N–H and O–H groups in total. The lowest BCUT2D eigenvalue weighted by molar-refractivity contribution is 0.565. The number of halogens is 3. The summed E-state index contributed by atoms with van der Waals surface area (Å²) in [5.74, 6) is 0. The Kier molecular flexibility index (Phi) is 3.67. The third-order valence-electron chi connectivity index (χ3n) is 1.34. The maximum absolute atomic E-state index is 10.1. The van der Waals surface area contributed by atoms with E-state index in [-0.39, 0.29) is 0 Å². The molecule has 0 radical (unpaired) electrons. The number of nitrogens with zero attached hydrogens (tertiary/aromatic N) is 1. The molecule has 68 valence electrons. The Morgan fingerprint density at radius 2 is 1.92 bits per heavy atom. The first-order chi connectivity index (χ1) is 6.07. The van der Waals surface area contributed by atoms with Gasteiger partial charge in [0.25, 0.3) is 0 Å². The van der Waals surface area contributed by atoms with Crippen molar-refractivity contribution >= 4 is 65.2 Å². The summed E-state index contributed by atoms with van der Waals surface area (Å²) in [7, 11) is 0. The van der Waals surface area contributed by atoms with Gasteiger partial charge in [0.1, 0.15) is 5.69 Å². The van der Waals surface area contributed by atoms with E-state index in [1.54, 1.807) is 6.07 Å². The Hall–Kier alpha value is -0.160. The molecule has 6 heteroatoms. The van der Waals surface area contributed by atoms with Gasteiger partial charge >= 0.3 is 0 Å². The van der Waals surface area contributed by atoms with E-state index < -0.39 is 0 Å². The molecule has 0 aromatic heterocycles. The van der Waals surface area contributed by atoms with Crippen molar-refractivity contribution in [1.82, 2.24) is 0 Å². The number of anilines is 1. The SMILES string of the molecule is Nc1c(Br)cc(Br)c(N=C=O)c1Br. The van der Waals surface area contributed by atoms with Gasteiger partial charge in [0.05, 0.1) is 10.2 Å². The number of hydrogen-bond donors (Lipinski definition) is 1. The fraction of sp³-hybridized carbons (Fsp3) is 0. The van der Waals surface area contributed by atoms with Crippen LogP contribution >= 0.6 is 47.8 Å². The van der Waals surface area contributed by atoms with Crippen LogP contribution in [0.15, 0.2) is 24.5 Å². The third kappa shape index (κ3) is 2.20. The summed E-state index contributed by atoms with van der Waals surface area (Å²) in [6, 6.07) is 1.72. The van der Waals surface area contributed by atoms with Crippen LogP contribution in [0, 0.1) is 0 Å². The topological polar surface area (TPSA) is 55.4 Å². The van der Waals surface area contributed by atoms with E-state index in [9.17, 15) is 4.79 Å². The van der Waals surface area contributed by atoms with Crippen LogP contribution < -0.4 is 5.73 Å². The molecule has 0 heterocycles. The molecule has 0 spiro atoms. The van der Waals surface area contributed by atoms with E-state index in [2.05, 4.69) is 52.8 Å². The van der Waals surface area contributed by atoms with Crippen LogP contribution in [0.5, 0.6) is 0 Å². The first-order valence-electron chi connectivity index (χ1n) is 3.08. The normalized spacial score (nSPS) is 9.46. The molecule has 0 fully saturated rings. The van der Waals surface area contributed by atoms with Gasteiger partial charge in [0.2, 0.25) is 6.08 Å². The summed E-state index contributed by atoms with van der Waals surface area (Å²) < 4.78 is 1.97. The lowest BCUT2D eigenvalue weighted by Crippen LogP contribution is -1.89. The summed E-state index contributed by atoms with van der Waals surface area (Å²) in [5, 5.41) is 0. The zero-order valence-electron chi connectivity index (χ0n) is 6.14. The zero-order valence-corrected chi connectivity index (χ0v) is 10.9. The lowest BCUT2D eigenvalue weighted by Gasteiger charge is -2.05. The highest BCUT2D eigenvalue weighted by molar-refractivity contribution is 9.11. The summed E-state index contributed by atoms with van der Waals surface area (Å²) in [6.45, 7) is 0. The van der Waals surface area contributed by atoms with Crippen molar-refractivity contribution in [2.45, 2.75) is 0 Å². The summed E-state index contributed by atoms with van der Waals surface area (Å²) >= 11 is 9.73. The highest BCUT2D eigenvalue weighted by Gasteiger charge is 2.10. The highest BCUT2D eigenvalue weighted by atomic mass is 79.9. The number of hydrogen-bond acceptors (Lipinski definition) is 3. The standard InChI is InChI=1S/C7H3Br3N2O/c8-3-1-4(9)7(12-2-13)5(10)6(3)11/h1H,11H2. The second-order valence-corrected chi connectivity index (χ2v) is 4.62. The molecule has 0 aliphatic heterocycles. The molecule has 1 aromatic carbocycles. The molecule has 1 rings (SSSR count). The molecule has 0 amide bonds. The monoisotopic (exact) mass is 368 g/mol. The van der Waals surface area contributed by atoms with Gasteiger partial charge in [-0.25, -0.2) is 4.79 Å². The molecule has 0 saturated carbocycles. The lowest BCUT2D eigenvalue weighted by atomic mass is 10.3. The molecule has 1 aromatic rings. The number of rotatable bonds is 1. The number of carbonyl (C=O) groups excluding carboxylic acids is 1. The fourth-order valence-corrected chi connectivity index (χ4v) is 3.04. The van der Waals surface area contributed by atoms with Gasteiger partial charge in [-0.1, -0.05) is 0 Å².